The van der Waals surface area contributed by atoms with Crippen molar-refractivity contribution in [3.8, 4) is 17.6 Å². The van der Waals surface area contributed by atoms with Crippen molar-refractivity contribution in [2.75, 3.05) is 18.0 Å². The minimum Gasteiger partial charge on any atom is -0.359 e. The van der Waals surface area contributed by atoms with Crippen molar-refractivity contribution in [1.82, 2.24) is 15.0 Å². The molecule has 0 saturated carbocycles. The van der Waals surface area contributed by atoms with Crippen LogP contribution in [0.1, 0.15) is 25.0 Å². The van der Waals surface area contributed by atoms with Crippen molar-refractivity contribution < 1.29 is 0 Å². The molecule has 2 aromatic rings. The third-order valence-corrected chi connectivity index (χ3v) is 3.35. The summed E-state index contributed by atoms with van der Waals surface area (Å²) in [7, 11) is 0. The largest absolute Gasteiger partial charge is 0.359 e. The number of hydrogen-bond donors (Lipinski definition) is 1. The molecule has 3 heterocycles. The fourth-order valence-corrected chi connectivity index (χ4v) is 2.37. The van der Waals surface area contributed by atoms with Crippen LogP contribution in [-0.4, -0.2) is 28.0 Å². The van der Waals surface area contributed by atoms with Crippen LogP contribution in [0.4, 0.5) is 5.82 Å². The molecule has 1 aliphatic rings. The highest BCUT2D eigenvalue weighted by Gasteiger charge is 2.15. The van der Waals surface area contributed by atoms with Crippen molar-refractivity contribution in [3.05, 3.63) is 30.1 Å². The van der Waals surface area contributed by atoms with Gasteiger partial charge in [0.05, 0.1) is 5.69 Å². The smallest absolute Gasteiger partial charge is 0.179 e. The van der Waals surface area contributed by atoms with Gasteiger partial charge in [-0.1, -0.05) is 0 Å². The topological polar surface area (TPSA) is 68.6 Å². The predicted molar refractivity (Wildman–Crippen MR) is 72.6 cm³/mol. The van der Waals surface area contributed by atoms with Crippen LogP contribution in [-0.2, 0) is 0 Å². The number of rotatable bonds is 2. The second kappa shape index (κ2) is 5.11. The van der Waals surface area contributed by atoms with E-state index in [1.165, 1.54) is 19.3 Å². The van der Waals surface area contributed by atoms with E-state index < -0.39 is 0 Å². The molecule has 0 aliphatic carbocycles. The number of nitrogens with one attached hydrogen (secondary N) is 1. The summed E-state index contributed by atoms with van der Waals surface area (Å²) >= 11 is 0. The molecule has 19 heavy (non-hydrogen) atoms. The molecular formula is C14H15N5. The van der Waals surface area contributed by atoms with Gasteiger partial charge in [-0.15, -0.1) is 0 Å². The summed E-state index contributed by atoms with van der Waals surface area (Å²) in [6.07, 6.45) is 5.47. The maximum Gasteiger partial charge on any atom is 0.179 e. The average Bonchev–Trinajstić information content (AvgIpc) is 3.02. The Morgan fingerprint density at radius 2 is 2.05 bits per heavy atom. The van der Waals surface area contributed by atoms with Gasteiger partial charge in [0.25, 0.3) is 0 Å². The van der Waals surface area contributed by atoms with E-state index in [0.717, 1.165) is 24.6 Å². The van der Waals surface area contributed by atoms with E-state index in [-0.39, 0.29) is 0 Å². The molecule has 1 N–H and O–H groups in total. The Kier molecular flexibility index (Phi) is 3.15. The summed E-state index contributed by atoms with van der Waals surface area (Å²) in [4.78, 5) is 14.2. The van der Waals surface area contributed by atoms with Gasteiger partial charge in [-0.25, -0.2) is 9.97 Å². The molecule has 5 heteroatoms. The SMILES string of the molecule is N#Cc1cc(N2CCCCC2)nc(-c2ccc[nH]2)n1. The summed E-state index contributed by atoms with van der Waals surface area (Å²) < 4.78 is 0. The van der Waals surface area contributed by atoms with Gasteiger partial charge in [-0.05, 0) is 31.4 Å². The highest BCUT2D eigenvalue weighted by molar-refractivity contribution is 5.55. The Labute approximate surface area is 111 Å². The Hall–Kier alpha value is -2.35. The first-order valence-corrected chi connectivity index (χ1v) is 6.55. The first-order valence-electron chi connectivity index (χ1n) is 6.55. The van der Waals surface area contributed by atoms with Gasteiger partial charge in [0.1, 0.15) is 17.6 Å². The van der Waals surface area contributed by atoms with Crippen molar-refractivity contribution in [3.63, 3.8) is 0 Å². The van der Waals surface area contributed by atoms with Gasteiger partial charge in [-0.3, -0.25) is 0 Å². The molecule has 1 fully saturated rings. The van der Waals surface area contributed by atoms with Crippen LogP contribution >= 0.6 is 0 Å². The molecule has 0 spiro atoms. The van der Waals surface area contributed by atoms with Gasteiger partial charge in [0, 0.05) is 25.4 Å². The molecule has 0 bridgehead atoms. The van der Waals surface area contributed by atoms with E-state index in [9.17, 15) is 0 Å². The van der Waals surface area contributed by atoms with Crippen molar-refractivity contribution in [2.45, 2.75) is 19.3 Å². The first-order chi connectivity index (χ1) is 9.36. The van der Waals surface area contributed by atoms with Gasteiger partial charge in [-0.2, -0.15) is 5.26 Å². The van der Waals surface area contributed by atoms with E-state index in [4.69, 9.17) is 5.26 Å². The van der Waals surface area contributed by atoms with E-state index in [1.54, 1.807) is 6.07 Å². The summed E-state index contributed by atoms with van der Waals surface area (Å²) in [6.45, 7) is 2.01. The maximum absolute atomic E-state index is 9.11. The van der Waals surface area contributed by atoms with Crippen LogP contribution in [0.15, 0.2) is 24.4 Å². The van der Waals surface area contributed by atoms with Crippen LogP contribution in [0.5, 0.6) is 0 Å². The van der Waals surface area contributed by atoms with E-state index in [2.05, 4.69) is 25.9 Å². The lowest BCUT2D eigenvalue weighted by Gasteiger charge is -2.27. The zero-order valence-electron chi connectivity index (χ0n) is 10.6. The summed E-state index contributed by atoms with van der Waals surface area (Å²) in [5.41, 5.74) is 1.26. The third kappa shape index (κ3) is 2.43. The first kappa shape index (κ1) is 11.7. The number of hydrogen-bond acceptors (Lipinski definition) is 4. The Balaban J connectivity index is 2.00. The number of piperidine rings is 1. The minimum atomic E-state index is 0.417. The molecule has 3 rings (SSSR count). The molecular weight excluding hydrogens is 238 g/mol. The van der Waals surface area contributed by atoms with Crippen LogP contribution in [0.2, 0.25) is 0 Å². The lowest BCUT2D eigenvalue weighted by Crippen LogP contribution is -2.30. The molecule has 0 atom stereocenters. The number of H-pyrrole nitrogens is 1. The van der Waals surface area contributed by atoms with Crippen LogP contribution in [0.3, 0.4) is 0 Å². The molecule has 0 amide bonds. The van der Waals surface area contributed by atoms with Crippen molar-refractivity contribution >= 4 is 5.82 Å². The zero-order valence-corrected chi connectivity index (χ0v) is 10.6. The molecule has 96 valence electrons. The standard InChI is InChI=1S/C14H15N5/c15-10-11-9-13(19-7-2-1-3-8-19)18-14(17-11)12-5-4-6-16-12/h4-6,9,16H,1-3,7-8H2. The Morgan fingerprint density at radius 1 is 1.21 bits per heavy atom. The molecule has 1 aliphatic heterocycles. The number of aromatic nitrogens is 3. The molecule has 5 nitrogen and oxygen atoms in total. The predicted octanol–water partition coefficient (Wildman–Crippen LogP) is 2.33. The van der Waals surface area contributed by atoms with E-state index >= 15 is 0 Å². The molecule has 1 saturated heterocycles. The fraction of sp³-hybridized carbons (Fsp3) is 0.357. The summed E-state index contributed by atoms with van der Waals surface area (Å²) in [5, 5.41) is 9.11. The van der Waals surface area contributed by atoms with Crippen molar-refractivity contribution in [2.24, 2.45) is 0 Å². The second-order valence-electron chi connectivity index (χ2n) is 4.68. The Morgan fingerprint density at radius 3 is 2.74 bits per heavy atom. The molecule has 0 unspecified atom stereocenters. The quantitative estimate of drug-likeness (QED) is 0.891. The van der Waals surface area contributed by atoms with Gasteiger partial charge >= 0.3 is 0 Å². The van der Waals surface area contributed by atoms with Crippen LogP contribution in [0.25, 0.3) is 11.5 Å². The third-order valence-electron chi connectivity index (χ3n) is 3.35. The lowest BCUT2D eigenvalue weighted by molar-refractivity contribution is 0.573. The van der Waals surface area contributed by atoms with E-state index in [0.29, 0.717) is 11.5 Å². The molecule has 2 aromatic heterocycles. The fourth-order valence-electron chi connectivity index (χ4n) is 2.37. The summed E-state index contributed by atoms with van der Waals surface area (Å²) in [6, 6.07) is 7.71. The number of aromatic amines is 1. The average molecular weight is 253 g/mol. The normalized spacial score (nSPS) is 15.2. The number of nitriles is 1. The van der Waals surface area contributed by atoms with E-state index in [1.807, 2.05) is 18.3 Å². The molecule has 0 aromatic carbocycles. The van der Waals surface area contributed by atoms with Crippen molar-refractivity contribution in [1.29, 1.82) is 5.26 Å². The van der Waals surface area contributed by atoms with Gasteiger partial charge in [0.2, 0.25) is 0 Å². The maximum atomic E-state index is 9.11. The second-order valence-corrected chi connectivity index (χ2v) is 4.68. The van der Waals surface area contributed by atoms with Gasteiger partial charge < -0.3 is 9.88 Å². The minimum absolute atomic E-state index is 0.417. The van der Waals surface area contributed by atoms with Gasteiger partial charge in [0.15, 0.2) is 5.82 Å². The highest BCUT2D eigenvalue weighted by Crippen LogP contribution is 2.21. The monoisotopic (exact) mass is 253 g/mol. The lowest BCUT2D eigenvalue weighted by atomic mass is 10.1. The van der Waals surface area contributed by atoms with Crippen LogP contribution in [0, 0.1) is 11.3 Å². The number of nitrogens with zero attached hydrogens (tertiary/aromatic N) is 4. The van der Waals surface area contributed by atoms with Crippen LogP contribution < -0.4 is 4.90 Å². The highest BCUT2D eigenvalue weighted by atomic mass is 15.2. The summed E-state index contributed by atoms with van der Waals surface area (Å²) in [5.74, 6) is 1.44. The Bertz CT molecular complexity index is 591. The molecule has 0 radical (unpaired) electrons. The zero-order chi connectivity index (χ0) is 13.1. The number of anilines is 1.